The monoisotopic (exact) mass is 372 g/mol. The zero-order chi connectivity index (χ0) is 15.8. The Morgan fingerprint density at radius 1 is 1.17 bits per heavy atom. The van der Waals surface area contributed by atoms with Gasteiger partial charge in [-0.05, 0) is 39.2 Å². The molecule has 1 atom stereocenters. The fourth-order valence-electron chi connectivity index (χ4n) is 3.10. The SMILES string of the molecule is Fc1cc(N2Cc3ccccc3C(n3cccn3)C2)cc(Br)n1. The molecule has 0 saturated heterocycles. The third kappa shape index (κ3) is 2.74. The number of fused-ring (bicyclic) bond motifs is 1. The molecule has 0 amide bonds. The molecule has 0 spiro atoms. The molecule has 3 aromatic rings. The van der Waals surface area contributed by atoms with Gasteiger partial charge < -0.3 is 4.90 Å². The van der Waals surface area contributed by atoms with Gasteiger partial charge in [0.05, 0.1) is 6.04 Å². The van der Waals surface area contributed by atoms with E-state index in [1.807, 2.05) is 35.1 Å². The number of benzene rings is 1. The van der Waals surface area contributed by atoms with Crippen LogP contribution in [-0.2, 0) is 6.54 Å². The van der Waals surface area contributed by atoms with Crippen LogP contribution in [0.2, 0.25) is 0 Å². The van der Waals surface area contributed by atoms with Crippen molar-refractivity contribution in [3.05, 3.63) is 76.5 Å². The minimum absolute atomic E-state index is 0.102. The molecule has 116 valence electrons. The van der Waals surface area contributed by atoms with Crippen LogP contribution in [0.3, 0.4) is 0 Å². The summed E-state index contributed by atoms with van der Waals surface area (Å²) in [6, 6.07) is 13.7. The molecule has 1 aliphatic heterocycles. The molecule has 2 aromatic heterocycles. The Morgan fingerprint density at radius 3 is 2.83 bits per heavy atom. The van der Waals surface area contributed by atoms with Crippen LogP contribution < -0.4 is 4.90 Å². The summed E-state index contributed by atoms with van der Waals surface area (Å²) in [5.74, 6) is -0.483. The van der Waals surface area contributed by atoms with Gasteiger partial charge in [0.1, 0.15) is 4.60 Å². The van der Waals surface area contributed by atoms with Gasteiger partial charge >= 0.3 is 0 Å². The van der Waals surface area contributed by atoms with E-state index < -0.39 is 5.95 Å². The number of nitrogens with zero attached hydrogens (tertiary/aromatic N) is 4. The van der Waals surface area contributed by atoms with Crippen LogP contribution in [0.4, 0.5) is 10.1 Å². The van der Waals surface area contributed by atoms with Crippen LogP contribution in [0.5, 0.6) is 0 Å². The minimum Gasteiger partial charge on any atom is -0.364 e. The first-order valence-electron chi connectivity index (χ1n) is 7.36. The topological polar surface area (TPSA) is 34.0 Å². The maximum absolute atomic E-state index is 13.7. The molecular formula is C17H14BrFN4. The van der Waals surface area contributed by atoms with Crippen LogP contribution in [0.25, 0.3) is 0 Å². The van der Waals surface area contributed by atoms with Crippen molar-refractivity contribution in [2.45, 2.75) is 12.6 Å². The maximum atomic E-state index is 13.7. The minimum atomic E-state index is -0.483. The maximum Gasteiger partial charge on any atom is 0.215 e. The normalized spacial score (nSPS) is 17.1. The Labute approximate surface area is 141 Å². The molecule has 23 heavy (non-hydrogen) atoms. The quantitative estimate of drug-likeness (QED) is 0.641. The lowest BCUT2D eigenvalue weighted by molar-refractivity contribution is 0.485. The van der Waals surface area contributed by atoms with Gasteiger partial charge in [-0.2, -0.15) is 9.49 Å². The molecule has 4 rings (SSSR count). The second-order valence-corrected chi connectivity index (χ2v) is 6.36. The molecule has 1 unspecified atom stereocenters. The molecule has 0 bridgehead atoms. The molecule has 0 fully saturated rings. The fourth-order valence-corrected chi connectivity index (χ4v) is 3.51. The van der Waals surface area contributed by atoms with Gasteiger partial charge in [-0.3, -0.25) is 4.68 Å². The lowest BCUT2D eigenvalue weighted by atomic mass is 9.95. The van der Waals surface area contributed by atoms with Crippen molar-refractivity contribution in [1.82, 2.24) is 14.8 Å². The molecule has 1 aliphatic rings. The van der Waals surface area contributed by atoms with Crippen molar-refractivity contribution in [3.8, 4) is 0 Å². The molecular weight excluding hydrogens is 359 g/mol. The van der Waals surface area contributed by atoms with Crippen molar-refractivity contribution in [2.75, 3.05) is 11.4 Å². The predicted molar refractivity (Wildman–Crippen MR) is 89.8 cm³/mol. The fraction of sp³-hybridized carbons (Fsp3) is 0.176. The number of hydrogen-bond acceptors (Lipinski definition) is 3. The summed E-state index contributed by atoms with van der Waals surface area (Å²) < 4.78 is 16.1. The van der Waals surface area contributed by atoms with E-state index in [1.54, 1.807) is 6.20 Å². The van der Waals surface area contributed by atoms with E-state index in [0.717, 1.165) is 18.8 Å². The van der Waals surface area contributed by atoms with E-state index in [9.17, 15) is 4.39 Å². The number of pyridine rings is 1. The van der Waals surface area contributed by atoms with E-state index in [2.05, 4.69) is 43.0 Å². The van der Waals surface area contributed by atoms with Crippen molar-refractivity contribution in [1.29, 1.82) is 0 Å². The van der Waals surface area contributed by atoms with Crippen LogP contribution in [0, 0.1) is 5.95 Å². The molecule has 4 nitrogen and oxygen atoms in total. The average Bonchev–Trinajstić information content (AvgIpc) is 3.07. The van der Waals surface area contributed by atoms with E-state index in [0.29, 0.717) is 4.60 Å². The van der Waals surface area contributed by atoms with Crippen molar-refractivity contribution in [3.63, 3.8) is 0 Å². The summed E-state index contributed by atoms with van der Waals surface area (Å²) in [6.07, 6.45) is 3.75. The van der Waals surface area contributed by atoms with Gasteiger partial charge in [0, 0.05) is 37.2 Å². The van der Waals surface area contributed by atoms with E-state index >= 15 is 0 Å². The van der Waals surface area contributed by atoms with Crippen LogP contribution >= 0.6 is 15.9 Å². The lowest BCUT2D eigenvalue weighted by Gasteiger charge is -2.36. The molecule has 1 aromatic carbocycles. The Morgan fingerprint density at radius 2 is 2.04 bits per heavy atom. The first-order valence-corrected chi connectivity index (χ1v) is 8.15. The van der Waals surface area contributed by atoms with Gasteiger partial charge in [0.25, 0.3) is 0 Å². The Bertz CT molecular complexity index is 814. The molecule has 0 aliphatic carbocycles. The summed E-state index contributed by atoms with van der Waals surface area (Å²) in [5.41, 5.74) is 3.31. The van der Waals surface area contributed by atoms with Crippen LogP contribution in [0.1, 0.15) is 17.2 Å². The highest BCUT2D eigenvalue weighted by Gasteiger charge is 2.27. The summed E-state index contributed by atoms with van der Waals surface area (Å²) >= 11 is 3.27. The zero-order valence-corrected chi connectivity index (χ0v) is 13.8. The van der Waals surface area contributed by atoms with Gasteiger partial charge in [-0.25, -0.2) is 4.98 Å². The molecule has 3 heterocycles. The van der Waals surface area contributed by atoms with Crippen molar-refractivity contribution in [2.24, 2.45) is 0 Å². The summed E-state index contributed by atoms with van der Waals surface area (Å²) in [6.45, 7) is 1.47. The molecule has 6 heteroatoms. The smallest absolute Gasteiger partial charge is 0.215 e. The van der Waals surface area contributed by atoms with E-state index in [-0.39, 0.29) is 6.04 Å². The second-order valence-electron chi connectivity index (χ2n) is 5.55. The molecule has 0 radical (unpaired) electrons. The molecule has 0 N–H and O–H groups in total. The lowest BCUT2D eigenvalue weighted by Crippen LogP contribution is -2.36. The number of rotatable bonds is 2. The third-order valence-electron chi connectivity index (χ3n) is 4.13. The number of halogens is 2. The zero-order valence-electron chi connectivity index (χ0n) is 12.2. The standard InChI is InChI=1S/C17H14BrFN4/c18-16-8-13(9-17(19)21-16)22-10-12-4-1-2-5-14(12)15(11-22)23-7-3-6-20-23/h1-9,15H,10-11H2. The highest BCUT2D eigenvalue weighted by Crippen LogP contribution is 2.32. The summed E-state index contributed by atoms with van der Waals surface area (Å²) in [7, 11) is 0. The van der Waals surface area contributed by atoms with Gasteiger partial charge in [-0.1, -0.05) is 24.3 Å². The Balaban J connectivity index is 1.77. The highest BCUT2D eigenvalue weighted by atomic mass is 79.9. The Hall–Kier alpha value is -2.21. The van der Waals surface area contributed by atoms with E-state index in [4.69, 9.17) is 0 Å². The predicted octanol–water partition coefficient (Wildman–Crippen LogP) is 3.79. The second kappa shape index (κ2) is 5.77. The summed E-state index contributed by atoms with van der Waals surface area (Å²) in [4.78, 5) is 5.91. The van der Waals surface area contributed by atoms with Gasteiger partial charge in [-0.15, -0.1) is 0 Å². The third-order valence-corrected chi connectivity index (χ3v) is 4.53. The van der Waals surface area contributed by atoms with Crippen molar-refractivity contribution < 1.29 is 4.39 Å². The van der Waals surface area contributed by atoms with E-state index in [1.165, 1.54) is 17.2 Å². The van der Waals surface area contributed by atoms with Crippen LogP contribution in [-0.4, -0.2) is 21.3 Å². The average molecular weight is 373 g/mol. The first kappa shape index (κ1) is 14.4. The van der Waals surface area contributed by atoms with Crippen molar-refractivity contribution >= 4 is 21.6 Å². The first-order chi connectivity index (χ1) is 11.2. The highest BCUT2D eigenvalue weighted by molar-refractivity contribution is 9.10. The number of aromatic nitrogens is 3. The summed E-state index contributed by atoms with van der Waals surface area (Å²) in [5, 5.41) is 4.40. The van der Waals surface area contributed by atoms with Gasteiger partial charge in [0.2, 0.25) is 5.95 Å². The van der Waals surface area contributed by atoms with Crippen LogP contribution in [0.15, 0.2) is 59.5 Å². The van der Waals surface area contributed by atoms with Gasteiger partial charge in [0.15, 0.2) is 0 Å². The number of anilines is 1. The molecule has 0 saturated carbocycles. The number of hydrogen-bond donors (Lipinski definition) is 0. The largest absolute Gasteiger partial charge is 0.364 e. The Kier molecular flexibility index (Phi) is 3.61.